The highest BCUT2D eigenvalue weighted by Gasteiger charge is 2.40. The first-order valence-corrected chi connectivity index (χ1v) is 6.49. The summed E-state index contributed by atoms with van der Waals surface area (Å²) in [6, 6.07) is 3.17. The summed E-state index contributed by atoms with van der Waals surface area (Å²) in [5.41, 5.74) is -0.135. The fourth-order valence-corrected chi connectivity index (χ4v) is 2.32. The number of rotatable bonds is 3. The van der Waals surface area contributed by atoms with Crippen LogP contribution in [0.2, 0.25) is 0 Å². The van der Waals surface area contributed by atoms with Gasteiger partial charge >= 0.3 is 12.5 Å². The maximum Gasteiger partial charge on any atom is 0.573 e. The second-order valence-electron chi connectivity index (χ2n) is 5.59. The molecule has 1 amide bonds. The molecule has 0 aromatic heterocycles. The van der Waals surface area contributed by atoms with Gasteiger partial charge in [0, 0.05) is 11.0 Å². The van der Waals surface area contributed by atoms with Crippen LogP contribution < -0.4 is 14.8 Å². The van der Waals surface area contributed by atoms with E-state index in [2.05, 4.69) is 10.1 Å². The second kappa shape index (κ2) is 6.74. The summed E-state index contributed by atoms with van der Waals surface area (Å²) < 4.78 is 51.1. The van der Waals surface area contributed by atoms with Gasteiger partial charge in [-0.15, -0.1) is 25.6 Å². The molecule has 1 fully saturated rings. The lowest BCUT2D eigenvalue weighted by Crippen LogP contribution is -2.47. The minimum absolute atomic E-state index is 0. The molecule has 1 atom stereocenters. The fourth-order valence-electron chi connectivity index (χ4n) is 2.32. The molecule has 1 N–H and O–H groups in total. The van der Waals surface area contributed by atoms with Gasteiger partial charge in [-0.05, 0) is 18.2 Å². The molecule has 1 aliphatic rings. The van der Waals surface area contributed by atoms with Gasteiger partial charge < -0.3 is 19.5 Å². The molecule has 1 heterocycles. The number of hydrogen-bond donors (Lipinski definition) is 1. The Kier molecular flexibility index (Phi) is 5.63. The molecule has 0 unspecified atom stereocenters. The molecule has 0 aliphatic carbocycles. The first-order chi connectivity index (χ1) is 10.1. The van der Waals surface area contributed by atoms with Gasteiger partial charge in [0.05, 0.1) is 13.2 Å². The number of carbonyl (C=O) groups excluding carboxylic acids is 1. The number of cyclic esters (lactones) is 1. The molecule has 130 valence electrons. The van der Waals surface area contributed by atoms with Crippen LogP contribution in [0.5, 0.6) is 11.5 Å². The minimum atomic E-state index is -4.79. The van der Waals surface area contributed by atoms with E-state index in [4.69, 9.17) is 9.47 Å². The van der Waals surface area contributed by atoms with Gasteiger partial charge in [-0.1, -0.05) is 13.8 Å². The summed E-state index contributed by atoms with van der Waals surface area (Å²) in [6.45, 7) is 3.79. The molecule has 0 saturated carbocycles. The Bertz CT molecular complexity index is 578. The van der Waals surface area contributed by atoms with E-state index in [1.807, 2.05) is 13.8 Å². The molecule has 1 aliphatic heterocycles. The van der Waals surface area contributed by atoms with E-state index in [0.29, 0.717) is 11.3 Å². The molecule has 1 saturated heterocycles. The van der Waals surface area contributed by atoms with Crippen molar-refractivity contribution >= 4 is 18.5 Å². The number of methoxy groups -OCH3 is 1. The molecule has 9 heteroatoms. The Hall–Kier alpha value is -1.83. The molecule has 0 bridgehead atoms. The van der Waals surface area contributed by atoms with Gasteiger partial charge in [-0.2, -0.15) is 0 Å². The Balaban J connectivity index is 0.00000264. The van der Waals surface area contributed by atoms with Crippen LogP contribution in [-0.2, 0) is 4.74 Å². The number of hydrogen-bond acceptors (Lipinski definition) is 4. The number of ether oxygens (including phenoxy) is 3. The summed E-state index contributed by atoms with van der Waals surface area (Å²) in [5, 5.41) is 2.61. The minimum Gasteiger partial charge on any atom is -0.496 e. The van der Waals surface area contributed by atoms with Crippen LogP contribution in [0.4, 0.5) is 18.0 Å². The number of amides is 1. The molecular weight excluding hydrogens is 339 g/mol. The zero-order valence-electron chi connectivity index (χ0n) is 12.7. The van der Waals surface area contributed by atoms with E-state index in [1.54, 1.807) is 0 Å². The van der Waals surface area contributed by atoms with Crippen molar-refractivity contribution in [1.82, 2.24) is 5.32 Å². The van der Waals surface area contributed by atoms with Crippen molar-refractivity contribution in [2.45, 2.75) is 26.3 Å². The fraction of sp³-hybridized carbons (Fsp3) is 0.500. The largest absolute Gasteiger partial charge is 0.573 e. The van der Waals surface area contributed by atoms with Crippen LogP contribution in [-0.4, -0.2) is 26.2 Å². The van der Waals surface area contributed by atoms with Crippen molar-refractivity contribution < 1.29 is 32.2 Å². The predicted molar refractivity (Wildman–Crippen MR) is 77.9 cm³/mol. The maximum atomic E-state index is 12.4. The van der Waals surface area contributed by atoms with Crippen molar-refractivity contribution in [2.75, 3.05) is 13.7 Å². The zero-order chi connectivity index (χ0) is 16.5. The maximum absolute atomic E-state index is 12.4. The topological polar surface area (TPSA) is 56.8 Å². The standard InChI is InChI=1S/C14H16F3NO4.ClH/c1-13(2)7-21-12(19)18-11(13)9-6-8(22-14(15,16)17)4-5-10(9)20-3;/h4-6,11H,7H2,1-3H3,(H,18,19);1H/t11-;/m1./s1. The normalized spacial score (nSPS) is 19.9. The third kappa shape index (κ3) is 4.57. The van der Waals surface area contributed by atoms with Crippen LogP contribution in [0.1, 0.15) is 25.5 Å². The van der Waals surface area contributed by atoms with E-state index < -0.39 is 23.9 Å². The summed E-state index contributed by atoms with van der Waals surface area (Å²) in [7, 11) is 1.40. The number of carbonyl (C=O) groups is 1. The average Bonchev–Trinajstić information content (AvgIpc) is 2.40. The zero-order valence-corrected chi connectivity index (χ0v) is 13.5. The van der Waals surface area contributed by atoms with Crippen LogP contribution in [0.25, 0.3) is 0 Å². The lowest BCUT2D eigenvalue weighted by Gasteiger charge is -2.39. The highest BCUT2D eigenvalue weighted by atomic mass is 35.5. The number of alkyl halides is 3. The van der Waals surface area contributed by atoms with E-state index >= 15 is 0 Å². The Morgan fingerprint density at radius 2 is 2.00 bits per heavy atom. The van der Waals surface area contributed by atoms with E-state index in [9.17, 15) is 18.0 Å². The van der Waals surface area contributed by atoms with E-state index in [1.165, 1.54) is 19.2 Å². The van der Waals surface area contributed by atoms with Crippen molar-refractivity contribution in [3.8, 4) is 11.5 Å². The summed E-state index contributed by atoms with van der Waals surface area (Å²) in [6.07, 6.45) is -5.42. The lowest BCUT2D eigenvalue weighted by atomic mass is 9.80. The third-order valence-electron chi connectivity index (χ3n) is 3.36. The second-order valence-corrected chi connectivity index (χ2v) is 5.59. The molecule has 0 spiro atoms. The molecule has 1 aromatic rings. The highest BCUT2D eigenvalue weighted by molar-refractivity contribution is 5.85. The van der Waals surface area contributed by atoms with Crippen molar-refractivity contribution in [3.05, 3.63) is 23.8 Å². The number of halogens is 4. The first kappa shape index (κ1) is 19.2. The van der Waals surface area contributed by atoms with Gasteiger partial charge in [0.15, 0.2) is 0 Å². The van der Waals surface area contributed by atoms with Gasteiger partial charge in [-0.3, -0.25) is 0 Å². The quantitative estimate of drug-likeness (QED) is 0.895. The van der Waals surface area contributed by atoms with Crippen molar-refractivity contribution in [1.29, 1.82) is 0 Å². The van der Waals surface area contributed by atoms with Gasteiger partial charge in [0.1, 0.15) is 18.1 Å². The Labute approximate surface area is 137 Å². The smallest absolute Gasteiger partial charge is 0.496 e. The van der Waals surface area contributed by atoms with Crippen LogP contribution in [0, 0.1) is 5.41 Å². The number of alkyl carbamates (subject to hydrolysis) is 1. The number of nitrogens with one attached hydrogen (secondary N) is 1. The van der Waals surface area contributed by atoms with Crippen LogP contribution >= 0.6 is 12.4 Å². The van der Waals surface area contributed by atoms with Crippen LogP contribution in [0.15, 0.2) is 18.2 Å². The molecular formula is C14H17ClF3NO4. The van der Waals surface area contributed by atoms with Gasteiger partial charge in [0.2, 0.25) is 0 Å². The third-order valence-corrected chi connectivity index (χ3v) is 3.36. The van der Waals surface area contributed by atoms with Crippen molar-refractivity contribution in [2.24, 2.45) is 5.41 Å². The van der Waals surface area contributed by atoms with Crippen molar-refractivity contribution in [3.63, 3.8) is 0 Å². The SMILES string of the molecule is COc1ccc(OC(F)(F)F)cc1[C@H]1NC(=O)OCC1(C)C.Cl. The van der Waals surface area contributed by atoms with Crippen LogP contribution in [0.3, 0.4) is 0 Å². The summed E-state index contributed by atoms with van der Waals surface area (Å²) in [4.78, 5) is 11.5. The average molecular weight is 356 g/mol. The summed E-state index contributed by atoms with van der Waals surface area (Å²) >= 11 is 0. The Morgan fingerprint density at radius 1 is 1.35 bits per heavy atom. The molecule has 1 aromatic carbocycles. The molecule has 2 rings (SSSR count). The first-order valence-electron chi connectivity index (χ1n) is 6.49. The summed E-state index contributed by atoms with van der Waals surface area (Å²) in [5.74, 6) is -0.0189. The molecule has 5 nitrogen and oxygen atoms in total. The molecule has 0 radical (unpaired) electrons. The monoisotopic (exact) mass is 355 g/mol. The molecule has 23 heavy (non-hydrogen) atoms. The van der Waals surface area contributed by atoms with Gasteiger partial charge in [0.25, 0.3) is 0 Å². The highest BCUT2D eigenvalue weighted by Crippen LogP contribution is 2.42. The van der Waals surface area contributed by atoms with E-state index in [-0.39, 0.29) is 24.8 Å². The Morgan fingerprint density at radius 3 is 2.57 bits per heavy atom. The van der Waals surface area contributed by atoms with Gasteiger partial charge in [-0.25, -0.2) is 4.79 Å². The lowest BCUT2D eigenvalue weighted by molar-refractivity contribution is -0.274. The predicted octanol–water partition coefficient (Wildman–Crippen LogP) is 3.82. The van der Waals surface area contributed by atoms with E-state index in [0.717, 1.165) is 6.07 Å². The number of benzene rings is 1.